The van der Waals surface area contributed by atoms with E-state index in [1.54, 1.807) is 6.07 Å². The number of hydrogen-bond donors (Lipinski definition) is 1. The molecule has 1 aliphatic heterocycles. The van der Waals surface area contributed by atoms with Crippen LogP contribution in [-0.4, -0.2) is 59.3 Å². The second-order valence-electron chi connectivity index (χ2n) is 6.30. The van der Waals surface area contributed by atoms with Crippen LogP contribution in [0.5, 0.6) is 0 Å². The van der Waals surface area contributed by atoms with Crippen molar-refractivity contribution in [2.24, 2.45) is 5.73 Å². The van der Waals surface area contributed by atoms with Crippen LogP contribution in [0.15, 0.2) is 21.6 Å². The minimum atomic E-state index is -1.03. The number of thioether (sulfide) groups is 1. The predicted molar refractivity (Wildman–Crippen MR) is 107 cm³/mol. The van der Waals surface area contributed by atoms with Gasteiger partial charge in [0, 0.05) is 36.3 Å². The van der Waals surface area contributed by atoms with E-state index < -0.39 is 47.7 Å². The van der Waals surface area contributed by atoms with Crippen molar-refractivity contribution in [3.8, 4) is 6.07 Å². The van der Waals surface area contributed by atoms with Crippen molar-refractivity contribution in [2.45, 2.75) is 55.5 Å². The van der Waals surface area contributed by atoms with Crippen LogP contribution in [-0.2, 0) is 33.3 Å². The zero-order chi connectivity index (χ0) is 22.4. The van der Waals surface area contributed by atoms with E-state index in [2.05, 4.69) is 20.9 Å². The van der Waals surface area contributed by atoms with Gasteiger partial charge in [0.25, 0.3) is 0 Å². The summed E-state index contributed by atoms with van der Waals surface area (Å²) in [5.74, 6) is -1.79. The minimum absolute atomic E-state index is 0.139. The Balaban J connectivity index is 2.38. The van der Waals surface area contributed by atoms with Gasteiger partial charge >= 0.3 is 17.9 Å². The fourth-order valence-corrected chi connectivity index (χ4v) is 4.47. The summed E-state index contributed by atoms with van der Waals surface area (Å²) >= 11 is 4.36. The Morgan fingerprint density at radius 2 is 1.87 bits per heavy atom. The molecule has 0 aliphatic carbocycles. The quantitative estimate of drug-likeness (QED) is 0.443. The van der Waals surface area contributed by atoms with Crippen molar-refractivity contribution in [1.29, 1.82) is 5.26 Å². The number of rotatable bonds is 6. The summed E-state index contributed by atoms with van der Waals surface area (Å²) in [6.07, 6.45) is -1.49. The summed E-state index contributed by atoms with van der Waals surface area (Å²) in [5, 5.41) is 9.33. The molecule has 0 aromatic carbocycles. The highest BCUT2D eigenvalue weighted by molar-refractivity contribution is 9.10. The second kappa shape index (κ2) is 10.7. The van der Waals surface area contributed by atoms with Gasteiger partial charge in [0.15, 0.2) is 11.8 Å². The number of nitrogens with two attached hydrogens (primary N) is 1. The van der Waals surface area contributed by atoms with Gasteiger partial charge in [0.1, 0.15) is 30.3 Å². The number of hydrogen-bond acceptors (Lipinski definition) is 11. The SMILES string of the molecule is CC(=O)OCC1OC(Sc2cc(Br)cnc2C#N)C(OC(C)=O)C(N)C1OC(C)=O. The van der Waals surface area contributed by atoms with E-state index in [0.717, 1.165) is 11.8 Å². The lowest BCUT2D eigenvalue weighted by Gasteiger charge is -2.43. The number of halogens is 1. The molecular weight excluding hydrogens is 482 g/mol. The van der Waals surface area contributed by atoms with E-state index in [-0.39, 0.29) is 12.3 Å². The molecule has 0 spiro atoms. The summed E-state index contributed by atoms with van der Waals surface area (Å²) in [7, 11) is 0. The molecule has 0 radical (unpaired) electrons. The van der Waals surface area contributed by atoms with Crippen molar-refractivity contribution in [1.82, 2.24) is 4.98 Å². The monoisotopic (exact) mass is 501 g/mol. The molecule has 1 aliphatic rings. The molecule has 0 amide bonds. The Hall–Kier alpha value is -2.20. The van der Waals surface area contributed by atoms with E-state index in [9.17, 15) is 19.6 Å². The first-order valence-corrected chi connectivity index (χ1v) is 10.4. The molecule has 2 rings (SSSR count). The van der Waals surface area contributed by atoms with Crippen molar-refractivity contribution in [2.75, 3.05) is 6.61 Å². The number of aromatic nitrogens is 1. The molecule has 5 atom stereocenters. The van der Waals surface area contributed by atoms with Crippen molar-refractivity contribution < 1.29 is 33.3 Å². The molecule has 10 nitrogen and oxygen atoms in total. The lowest BCUT2D eigenvalue weighted by atomic mass is 9.97. The average molecular weight is 502 g/mol. The fourth-order valence-electron chi connectivity index (χ4n) is 2.76. The summed E-state index contributed by atoms with van der Waals surface area (Å²) in [6.45, 7) is 3.40. The number of pyridine rings is 1. The molecular formula is C18H20BrN3O7S. The summed E-state index contributed by atoms with van der Waals surface area (Å²) in [6, 6.07) is 2.66. The molecule has 162 valence electrons. The van der Waals surface area contributed by atoms with E-state index >= 15 is 0 Å². The lowest BCUT2D eigenvalue weighted by Crippen LogP contribution is -2.63. The Kier molecular flexibility index (Phi) is 8.60. The van der Waals surface area contributed by atoms with Gasteiger partial charge in [-0.3, -0.25) is 14.4 Å². The molecule has 30 heavy (non-hydrogen) atoms. The fraction of sp³-hybridized carbons (Fsp3) is 0.500. The molecule has 1 aromatic rings. The first kappa shape index (κ1) is 24.1. The second-order valence-corrected chi connectivity index (χ2v) is 8.36. The zero-order valence-electron chi connectivity index (χ0n) is 16.4. The summed E-state index contributed by atoms with van der Waals surface area (Å²) in [4.78, 5) is 39.0. The van der Waals surface area contributed by atoms with Gasteiger partial charge in [0.05, 0.1) is 6.04 Å². The molecule has 12 heteroatoms. The van der Waals surface area contributed by atoms with Gasteiger partial charge in [-0.2, -0.15) is 5.26 Å². The summed E-state index contributed by atoms with van der Waals surface area (Å²) in [5.41, 5.74) is 5.53. The normalized spacial score (nSPS) is 25.7. The molecule has 5 unspecified atom stereocenters. The van der Waals surface area contributed by atoms with Gasteiger partial charge in [0.2, 0.25) is 0 Å². The van der Waals surface area contributed by atoms with E-state index in [0.29, 0.717) is 9.37 Å². The van der Waals surface area contributed by atoms with Gasteiger partial charge < -0.3 is 24.7 Å². The number of ether oxygens (including phenoxy) is 4. The number of nitriles is 1. The van der Waals surface area contributed by atoms with E-state index in [1.165, 1.54) is 27.0 Å². The Morgan fingerprint density at radius 3 is 2.43 bits per heavy atom. The average Bonchev–Trinajstić information content (AvgIpc) is 2.65. The standard InChI is InChI=1S/C18H20BrN3O7S/c1-8(23)26-7-13-16(27-9(2)24)15(21)17(28-10(3)25)18(29-13)30-14-4-11(19)6-22-12(14)5-20/h4,6,13,15-18H,7,21H2,1-3H3. The number of carbonyl (C=O) groups excluding carboxylic acids is 3. The van der Waals surface area contributed by atoms with Gasteiger partial charge in [-0.05, 0) is 22.0 Å². The van der Waals surface area contributed by atoms with Crippen LogP contribution in [0.2, 0.25) is 0 Å². The first-order valence-electron chi connectivity index (χ1n) is 8.73. The largest absolute Gasteiger partial charge is 0.463 e. The molecule has 2 N–H and O–H groups in total. The number of carbonyl (C=O) groups is 3. The van der Waals surface area contributed by atoms with Crippen LogP contribution >= 0.6 is 27.7 Å². The van der Waals surface area contributed by atoms with Gasteiger partial charge in [-0.15, -0.1) is 0 Å². The molecule has 0 bridgehead atoms. The zero-order valence-corrected chi connectivity index (χ0v) is 18.8. The Morgan fingerprint density at radius 1 is 1.23 bits per heavy atom. The molecule has 1 fully saturated rings. The van der Waals surface area contributed by atoms with Crippen LogP contribution in [0.25, 0.3) is 0 Å². The van der Waals surface area contributed by atoms with Crippen LogP contribution in [0.3, 0.4) is 0 Å². The highest BCUT2D eigenvalue weighted by Crippen LogP contribution is 2.37. The predicted octanol–water partition coefficient (Wildman–Crippen LogP) is 1.29. The minimum Gasteiger partial charge on any atom is -0.463 e. The van der Waals surface area contributed by atoms with E-state index in [4.69, 9.17) is 24.7 Å². The maximum Gasteiger partial charge on any atom is 0.303 e. The third kappa shape index (κ3) is 6.40. The van der Waals surface area contributed by atoms with Crippen LogP contribution in [0, 0.1) is 11.3 Å². The van der Waals surface area contributed by atoms with Crippen molar-refractivity contribution in [3.63, 3.8) is 0 Å². The molecule has 0 saturated carbocycles. The van der Waals surface area contributed by atoms with Gasteiger partial charge in [-0.25, -0.2) is 4.98 Å². The molecule has 1 aromatic heterocycles. The molecule has 2 heterocycles. The van der Waals surface area contributed by atoms with Crippen LogP contribution in [0.1, 0.15) is 26.5 Å². The van der Waals surface area contributed by atoms with Crippen LogP contribution < -0.4 is 5.73 Å². The third-order valence-electron chi connectivity index (χ3n) is 3.93. The Bertz CT molecular complexity index is 861. The highest BCUT2D eigenvalue weighted by atomic mass is 79.9. The molecule has 1 saturated heterocycles. The maximum atomic E-state index is 11.7. The van der Waals surface area contributed by atoms with Gasteiger partial charge in [-0.1, -0.05) is 11.8 Å². The number of esters is 3. The van der Waals surface area contributed by atoms with Crippen molar-refractivity contribution >= 4 is 45.6 Å². The number of nitrogens with zero attached hydrogens (tertiary/aromatic N) is 2. The lowest BCUT2D eigenvalue weighted by molar-refractivity contribution is -0.201. The first-order chi connectivity index (χ1) is 14.1. The highest BCUT2D eigenvalue weighted by Gasteiger charge is 2.49. The summed E-state index contributed by atoms with van der Waals surface area (Å²) < 4.78 is 22.2. The third-order valence-corrected chi connectivity index (χ3v) is 5.54. The smallest absolute Gasteiger partial charge is 0.303 e. The van der Waals surface area contributed by atoms with E-state index in [1.807, 2.05) is 6.07 Å². The van der Waals surface area contributed by atoms with Crippen LogP contribution in [0.4, 0.5) is 0 Å². The van der Waals surface area contributed by atoms with Crippen molar-refractivity contribution in [3.05, 3.63) is 22.4 Å². The topological polar surface area (TPSA) is 151 Å². The maximum absolute atomic E-state index is 11.7. The Labute approximate surface area is 185 Å².